The van der Waals surface area contributed by atoms with Gasteiger partial charge in [-0.15, -0.1) is 0 Å². The Kier molecular flexibility index (Phi) is 6.21. The lowest BCUT2D eigenvalue weighted by molar-refractivity contribution is -0.384. The van der Waals surface area contributed by atoms with Crippen LogP contribution in [0.1, 0.15) is 12.5 Å². The number of benzene rings is 2. The van der Waals surface area contributed by atoms with Gasteiger partial charge in [0.25, 0.3) is 11.6 Å². The van der Waals surface area contributed by atoms with Crippen molar-refractivity contribution in [2.75, 3.05) is 0 Å². The number of carbonyl (C=O) groups is 1. The molecule has 0 aliphatic heterocycles. The molecule has 2 aromatic carbocycles. The maximum atomic E-state index is 12.2. The van der Waals surface area contributed by atoms with Crippen LogP contribution in [-0.2, 0) is 14.8 Å². The molecule has 142 valence electrons. The van der Waals surface area contributed by atoms with Gasteiger partial charge in [-0.3, -0.25) is 14.9 Å². The lowest BCUT2D eigenvalue weighted by Crippen LogP contribution is -2.43. The van der Waals surface area contributed by atoms with E-state index in [1.165, 1.54) is 25.3 Å². The first-order valence-electron chi connectivity index (χ1n) is 7.58. The quantitative estimate of drug-likeness (QED) is 0.365. The van der Waals surface area contributed by atoms with Crippen LogP contribution < -0.4 is 10.1 Å². The maximum Gasteiger partial charge on any atom is 0.269 e. The van der Waals surface area contributed by atoms with Crippen molar-refractivity contribution in [1.82, 2.24) is 10.1 Å². The number of nitrogens with one attached hydrogen (secondary N) is 2. The fourth-order valence-corrected chi connectivity index (χ4v) is 3.13. The molecule has 0 saturated heterocycles. The number of carbonyl (C=O) groups excluding carboxylic acids is 1. The van der Waals surface area contributed by atoms with E-state index in [0.717, 1.165) is 24.3 Å². The molecular formula is C16H16N4O6S. The number of rotatable bonds is 7. The first-order chi connectivity index (χ1) is 12.7. The summed E-state index contributed by atoms with van der Waals surface area (Å²) in [5.41, 5.74) is 2.57. The van der Waals surface area contributed by atoms with Crippen molar-refractivity contribution in [2.24, 2.45) is 5.10 Å². The van der Waals surface area contributed by atoms with E-state index in [2.05, 4.69) is 15.2 Å². The first-order valence-corrected chi connectivity index (χ1v) is 9.06. The molecule has 1 amide bonds. The second-order valence-corrected chi connectivity index (χ2v) is 7.13. The standard InChI is InChI=1S/C16H16N4O6S/c1-11(16(22)18-17-10-12-2-6-14(21)7-3-12)19-27(25,26)15-8-4-13(5-9-15)20(23)24/h2-11,19,21H,1H3,(H,18,22)/b17-10-/t11-/m0/s1. The van der Waals surface area contributed by atoms with Crippen molar-refractivity contribution < 1.29 is 23.2 Å². The number of nitro groups is 1. The molecule has 0 heterocycles. The summed E-state index contributed by atoms with van der Waals surface area (Å²) in [6.45, 7) is 1.33. The molecule has 11 heteroatoms. The Morgan fingerprint density at radius 1 is 1.19 bits per heavy atom. The molecule has 2 rings (SSSR count). The molecule has 27 heavy (non-hydrogen) atoms. The van der Waals surface area contributed by atoms with Gasteiger partial charge in [-0.05, 0) is 48.9 Å². The van der Waals surface area contributed by atoms with E-state index in [4.69, 9.17) is 0 Å². The Balaban J connectivity index is 1.97. The summed E-state index contributed by atoms with van der Waals surface area (Å²) in [7, 11) is -4.04. The Morgan fingerprint density at radius 2 is 1.78 bits per heavy atom. The second kappa shape index (κ2) is 8.38. The Labute approximate surface area is 154 Å². The van der Waals surface area contributed by atoms with E-state index >= 15 is 0 Å². The number of phenols is 1. The van der Waals surface area contributed by atoms with Crippen LogP contribution in [0.25, 0.3) is 0 Å². The van der Waals surface area contributed by atoms with Crippen LogP contribution in [0.3, 0.4) is 0 Å². The van der Waals surface area contributed by atoms with E-state index in [0.29, 0.717) is 5.56 Å². The Morgan fingerprint density at radius 3 is 2.33 bits per heavy atom. The lowest BCUT2D eigenvalue weighted by atomic mass is 10.2. The minimum absolute atomic E-state index is 0.0884. The number of phenolic OH excluding ortho intramolecular Hbond substituents is 1. The highest BCUT2D eigenvalue weighted by atomic mass is 32.2. The fraction of sp³-hybridized carbons (Fsp3) is 0.125. The highest BCUT2D eigenvalue weighted by Crippen LogP contribution is 2.16. The molecule has 1 atom stereocenters. The Bertz CT molecular complexity index is 955. The zero-order valence-electron chi connectivity index (χ0n) is 14.1. The molecule has 0 aliphatic rings. The lowest BCUT2D eigenvalue weighted by Gasteiger charge is -2.12. The van der Waals surface area contributed by atoms with Crippen LogP contribution in [0.2, 0.25) is 0 Å². The molecule has 0 radical (unpaired) electrons. The zero-order valence-corrected chi connectivity index (χ0v) is 14.9. The number of non-ortho nitro benzene ring substituents is 1. The molecule has 0 fully saturated rings. The third kappa shape index (κ3) is 5.59. The largest absolute Gasteiger partial charge is 0.508 e. The molecule has 10 nitrogen and oxygen atoms in total. The molecule has 2 aromatic rings. The summed E-state index contributed by atoms with van der Waals surface area (Å²) in [6, 6.07) is 9.18. The number of amides is 1. The van der Waals surface area contributed by atoms with Gasteiger partial charge < -0.3 is 5.11 Å². The molecule has 0 aliphatic carbocycles. The van der Waals surface area contributed by atoms with Gasteiger partial charge in [0, 0.05) is 12.1 Å². The molecule has 3 N–H and O–H groups in total. The third-order valence-electron chi connectivity index (χ3n) is 3.36. The van der Waals surface area contributed by atoms with Crippen LogP contribution in [-0.4, -0.2) is 36.6 Å². The van der Waals surface area contributed by atoms with Crippen molar-refractivity contribution in [3.8, 4) is 5.75 Å². The molecular weight excluding hydrogens is 376 g/mol. The van der Waals surface area contributed by atoms with Crippen LogP contribution in [0.4, 0.5) is 5.69 Å². The van der Waals surface area contributed by atoms with Gasteiger partial charge >= 0.3 is 0 Å². The van der Waals surface area contributed by atoms with Crippen LogP contribution in [0.5, 0.6) is 5.75 Å². The molecule has 0 spiro atoms. The summed E-state index contributed by atoms with van der Waals surface area (Å²) >= 11 is 0. The number of hydrogen-bond donors (Lipinski definition) is 3. The SMILES string of the molecule is C[C@H](NS(=O)(=O)c1ccc([N+](=O)[O-])cc1)C(=O)N/N=C\c1ccc(O)cc1. The van der Waals surface area contributed by atoms with E-state index in [9.17, 15) is 28.4 Å². The first kappa shape index (κ1) is 20.0. The minimum Gasteiger partial charge on any atom is -0.508 e. The molecule has 0 unspecified atom stereocenters. The third-order valence-corrected chi connectivity index (χ3v) is 4.92. The van der Waals surface area contributed by atoms with Gasteiger partial charge in [0.15, 0.2) is 0 Å². The Hall–Kier alpha value is -3.31. The van der Waals surface area contributed by atoms with E-state index in [1.807, 2.05) is 0 Å². The highest BCUT2D eigenvalue weighted by molar-refractivity contribution is 7.89. The number of aromatic hydroxyl groups is 1. The van der Waals surface area contributed by atoms with Gasteiger partial charge in [-0.2, -0.15) is 9.82 Å². The second-order valence-electron chi connectivity index (χ2n) is 5.42. The van der Waals surface area contributed by atoms with Gasteiger partial charge in [0.2, 0.25) is 10.0 Å². The summed E-state index contributed by atoms with van der Waals surface area (Å²) in [5.74, 6) is -0.610. The molecule has 0 aromatic heterocycles. The van der Waals surface area contributed by atoms with E-state index in [-0.39, 0.29) is 16.3 Å². The minimum atomic E-state index is -4.04. The average Bonchev–Trinajstić information content (AvgIpc) is 2.63. The topological polar surface area (TPSA) is 151 Å². The predicted octanol–water partition coefficient (Wildman–Crippen LogP) is 1.12. The van der Waals surface area contributed by atoms with Crippen molar-refractivity contribution in [2.45, 2.75) is 17.9 Å². The van der Waals surface area contributed by atoms with E-state index < -0.39 is 26.9 Å². The smallest absolute Gasteiger partial charge is 0.269 e. The van der Waals surface area contributed by atoms with Gasteiger partial charge in [0.05, 0.1) is 22.1 Å². The number of hydrazone groups is 1. The molecule has 0 bridgehead atoms. The van der Waals surface area contributed by atoms with Crippen molar-refractivity contribution >= 4 is 27.8 Å². The zero-order chi connectivity index (χ0) is 20.0. The summed E-state index contributed by atoms with van der Waals surface area (Å²) < 4.78 is 26.6. The molecule has 0 saturated carbocycles. The van der Waals surface area contributed by atoms with E-state index in [1.54, 1.807) is 12.1 Å². The number of nitrogens with zero attached hydrogens (tertiary/aromatic N) is 2. The van der Waals surface area contributed by atoms with Gasteiger partial charge in [-0.25, -0.2) is 13.8 Å². The van der Waals surface area contributed by atoms with Crippen LogP contribution in [0.15, 0.2) is 58.5 Å². The van der Waals surface area contributed by atoms with Crippen LogP contribution in [0, 0.1) is 10.1 Å². The van der Waals surface area contributed by atoms with Crippen molar-refractivity contribution in [1.29, 1.82) is 0 Å². The van der Waals surface area contributed by atoms with Crippen molar-refractivity contribution in [3.63, 3.8) is 0 Å². The summed E-state index contributed by atoms with van der Waals surface area (Å²) in [6.07, 6.45) is 1.33. The van der Waals surface area contributed by atoms with Crippen molar-refractivity contribution in [3.05, 3.63) is 64.2 Å². The fourth-order valence-electron chi connectivity index (χ4n) is 1.93. The summed E-state index contributed by atoms with van der Waals surface area (Å²) in [5, 5.41) is 23.5. The average molecular weight is 392 g/mol. The summed E-state index contributed by atoms with van der Waals surface area (Å²) in [4.78, 5) is 21.7. The van der Waals surface area contributed by atoms with Crippen LogP contribution >= 0.6 is 0 Å². The number of sulfonamides is 1. The maximum absolute atomic E-state index is 12.2. The predicted molar refractivity (Wildman–Crippen MR) is 96.7 cm³/mol. The normalized spacial score (nSPS) is 12.6. The number of nitro benzene ring substituents is 1. The highest BCUT2D eigenvalue weighted by Gasteiger charge is 2.22. The van der Waals surface area contributed by atoms with Gasteiger partial charge in [0.1, 0.15) is 5.75 Å². The van der Waals surface area contributed by atoms with Gasteiger partial charge in [-0.1, -0.05) is 0 Å². The monoisotopic (exact) mass is 392 g/mol. The number of hydrogen-bond acceptors (Lipinski definition) is 7.